The Morgan fingerprint density at radius 2 is 1.64 bits per heavy atom. The van der Waals surface area contributed by atoms with E-state index in [1.54, 1.807) is 37.3 Å². The van der Waals surface area contributed by atoms with Crippen LogP contribution in [0.2, 0.25) is 0 Å². The van der Waals surface area contributed by atoms with Crippen LogP contribution in [0.1, 0.15) is 6.92 Å². The average molecular weight is 363 g/mol. The third-order valence-electron chi connectivity index (χ3n) is 2.92. The first-order chi connectivity index (χ1) is 11.9. The van der Waals surface area contributed by atoms with Crippen LogP contribution in [-0.2, 0) is 14.8 Å². The Morgan fingerprint density at radius 1 is 0.960 bits per heavy atom. The summed E-state index contributed by atoms with van der Waals surface area (Å²) in [7, 11) is -4.10. The summed E-state index contributed by atoms with van der Waals surface area (Å²) in [6.45, 7) is 1.83. The third-order valence-corrected chi connectivity index (χ3v) is 4.25. The molecule has 2 rings (SSSR count). The van der Waals surface area contributed by atoms with E-state index < -0.39 is 22.1 Å². The molecule has 0 atom stereocenters. The molecule has 0 fully saturated rings. The van der Waals surface area contributed by atoms with E-state index in [2.05, 4.69) is 10.6 Å². The fourth-order valence-electron chi connectivity index (χ4n) is 1.89. The number of para-hydroxylation sites is 1. The molecule has 0 saturated carbocycles. The summed E-state index contributed by atoms with van der Waals surface area (Å²) in [6.07, 6.45) is -0.702. The van der Waals surface area contributed by atoms with E-state index in [9.17, 15) is 18.0 Å². The zero-order valence-electron chi connectivity index (χ0n) is 13.4. The van der Waals surface area contributed by atoms with Crippen molar-refractivity contribution in [3.8, 4) is 0 Å². The van der Waals surface area contributed by atoms with E-state index in [0.717, 1.165) is 0 Å². The van der Waals surface area contributed by atoms with Gasteiger partial charge in [0.15, 0.2) is 0 Å². The Labute approximate surface area is 145 Å². The number of urea groups is 1. The predicted octanol–water partition coefficient (Wildman–Crippen LogP) is 2.77. The third kappa shape index (κ3) is 5.50. The van der Waals surface area contributed by atoms with Crippen molar-refractivity contribution in [2.45, 2.75) is 11.8 Å². The van der Waals surface area contributed by atoms with Crippen molar-refractivity contribution >= 4 is 33.5 Å². The van der Waals surface area contributed by atoms with Gasteiger partial charge in [-0.15, -0.1) is 0 Å². The van der Waals surface area contributed by atoms with Crippen LogP contribution in [-0.4, -0.2) is 27.1 Å². The van der Waals surface area contributed by atoms with Crippen molar-refractivity contribution in [2.24, 2.45) is 0 Å². The van der Waals surface area contributed by atoms with Crippen LogP contribution in [0.4, 0.5) is 21.0 Å². The van der Waals surface area contributed by atoms with Gasteiger partial charge >= 0.3 is 12.1 Å². The molecule has 0 aromatic heterocycles. The Kier molecular flexibility index (Phi) is 5.96. The van der Waals surface area contributed by atoms with Crippen LogP contribution in [0.15, 0.2) is 59.5 Å². The number of hydrogen-bond donors (Lipinski definition) is 3. The van der Waals surface area contributed by atoms with E-state index in [-0.39, 0.29) is 17.2 Å². The molecule has 0 aliphatic carbocycles. The van der Waals surface area contributed by atoms with E-state index in [1.807, 2.05) is 4.72 Å². The number of ether oxygens (including phenoxy) is 1. The Bertz CT molecular complexity index is 853. The number of benzene rings is 2. The Balaban J connectivity index is 2.08. The van der Waals surface area contributed by atoms with Crippen LogP contribution in [0, 0.1) is 0 Å². The normalized spacial score (nSPS) is 10.6. The molecule has 3 N–H and O–H groups in total. The van der Waals surface area contributed by atoms with Gasteiger partial charge in [-0.05, 0) is 37.3 Å². The van der Waals surface area contributed by atoms with Gasteiger partial charge in [0.2, 0.25) is 0 Å². The number of rotatable bonds is 5. The largest absolute Gasteiger partial charge is 0.450 e. The van der Waals surface area contributed by atoms with E-state index >= 15 is 0 Å². The molecule has 0 spiro atoms. The topological polar surface area (TPSA) is 114 Å². The van der Waals surface area contributed by atoms with Gasteiger partial charge in [-0.1, -0.05) is 24.3 Å². The van der Waals surface area contributed by atoms with Crippen molar-refractivity contribution in [3.63, 3.8) is 0 Å². The molecule has 0 bridgehead atoms. The van der Waals surface area contributed by atoms with Gasteiger partial charge in [0.1, 0.15) is 0 Å². The van der Waals surface area contributed by atoms with E-state index in [1.165, 1.54) is 24.3 Å². The van der Waals surface area contributed by atoms with Crippen molar-refractivity contribution in [3.05, 3.63) is 54.6 Å². The number of anilines is 2. The van der Waals surface area contributed by atoms with Crippen LogP contribution in [0.5, 0.6) is 0 Å². The van der Waals surface area contributed by atoms with Crippen molar-refractivity contribution in [2.75, 3.05) is 17.2 Å². The molecule has 0 radical (unpaired) electrons. The van der Waals surface area contributed by atoms with E-state index in [0.29, 0.717) is 5.69 Å². The lowest BCUT2D eigenvalue weighted by Crippen LogP contribution is -2.34. The highest BCUT2D eigenvalue weighted by molar-refractivity contribution is 7.90. The number of amides is 3. The van der Waals surface area contributed by atoms with Gasteiger partial charge in [-0.3, -0.25) is 5.32 Å². The molecule has 0 saturated heterocycles. The predicted molar refractivity (Wildman–Crippen MR) is 92.9 cm³/mol. The first kappa shape index (κ1) is 18.3. The summed E-state index contributed by atoms with van der Waals surface area (Å²) in [6, 6.07) is 13.0. The number of nitrogens with one attached hydrogen (secondary N) is 3. The molecule has 0 aliphatic heterocycles. The minimum absolute atomic E-state index is 0.176. The average Bonchev–Trinajstić information content (AvgIpc) is 2.55. The van der Waals surface area contributed by atoms with Crippen molar-refractivity contribution in [1.29, 1.82) is 0 Å². The second kappa shape index (κ2) is 8.15. The van der Waals surface area contributed by atoms with E-state index in [4.69, 9.17) is 4.74 Å². The smallest absolute Gasteiger partial charge is 0.411 e. The van der Waals surface area contributed by atoms with Gasteiger partial charge in [-0.2, -0.15) is 0 Å². The summed E-state index contributed by atoms with van der Waals surface area (Å²) in [5, 5.41) is 4.81. The number of carbonyl (C=O) groups is 2. The Morgan fingerprint density at radius 3 is 2.32 bits per heavy atom. The van der Waals surface area contributed by atoms with Gasteiger partial charge in [0.05, 0.1) is 11.5 Å². The number of sulfonamides is 1. The minimum atomic E-state index is -4.10. The highest BCUT2D eigenvalue weighted by Crippen LogP contribution is 2.16. The standard InChI is InChI=1S/C16H17N3O5S/c1-2-24-16(21)18-13-9-6-10-14(11-13)25(22,23)19-15(20)17-12-7-4-3-5-8-12/h3-11H,2H2,1H3,(H,18,21)(H2,17,19,20). The maximum absolute atomic E-state index is 12.3. The molecule has 2 aromatic rings. The fraction of sp³-hybridized carbons (Fsp3) is 0.125. The molecule has 2 aromatic carbocycles. The summed E-state index contributed by atoms with van der Waals surface area (Å²) >= 11 is 0. The van der Waals surface area contributed by atoms with Crippen molar-refractivity contribution < 1.29 is 22.7 Å². The molecule has 0 aliphatic rings. The van der Waals surface area contributed by atoms with Gasteiger partial charge in [0, 0.05) is 11.4 Å². The van der Waals surface area contributed by atoms with Gasteiger partial charge < -0.3 is 10.1 Å². The molecule has 25 heavy (non-hydrogen) atoms. The van der Waals surface area contributed by atoms with Crippen molar-refractivity contribution in [1.82, 2.24) is 4.72 Å². The van der Waals surface area contributed by atoms with Gasteiger partial charge in [0.25, 0.3) is 10.0 Å². The number of hydrogen-bond acceptors (Lipinski definition) is 5. The van der Waals surface area contributed by atoms with Crippen LogP contribution >= 0.6 is 0 Å². The monoisotopic (exact) mass is 363 g/mol. The first-order valence-corrected chi connectivity index (χ1v) is 8.81. The van der Waals surface area contributed by atoms with Gasteiger partial charge in [-0.25, -0.2) is 22.7 Å². The highest BCUT2D eigenvalue weighted by atomic mass is 32.2. The maximum Gasteiger partial charge on any atom is 0.411 e. The SMILES string of the molecule is CCOC(=O)Nc1cccc(S(=O)(=O)NC(=O)Nc2ccccc2)c1. The summed E-state index contributed by atoms with van der Waals surface area (Å²) in [4.78, 5) is 23.1. The molecule has 0 unspecified atom stereocenters. The highest BCUT2D eigenvalue weighted by Gasteiger charge is 2.18. The zero-order chi connectivity index (χ0) is 18.3. The lowest BCUT2D eigenvalue weighted by molar-refractivity contribution is 0.168. The molecule has 8 nitrogen and oxygen atoms in total. The first-order valence-electron chi connectivity index (χ1n) is 7.33. The summed E-state index contributed by atoms with van der Waals surface area (Å²) < 4.78 is 31.2. The molecule has 3 amide bonds. The fourth-order valence-corrected chi connectivity index (χ4v) is 2.84. The second-order valence-electron chi connectivity index (χ2n) is 4.80. The quantitative estimate of drug-likeness (QED) is 0.756. The molecule has 9 heteroatoms. The molecule has 132 valence electrons. The number of carbonyl (C=O) groups excluding carboxylic acids is 2. The molecule has 0 heterocycles. The van der Waals surface area contributed by atoms with Crippen LogP contribution < -0.4 is 15.4 Å². The second-order valence-corrected chi connectivity index (χ2v) is 6.48. The van der Waals surface area contributed by atoms with Crippen LogP contribution in [0.3, 0.4) is 0 Å². The lowest BCUT2D eigenvalue weighted by atomic mass is 10.3. The lowest BCUT2D eigenvalue weighted by Gasteiger charge is -2.10. The maximum atomic E-state index is 12.3. The Hall–Kier alpha value is -3.07. The summed E-state index contributed by atoms with van der Waals surface area (Å²) in [5.74, 6) is 0. The zero-order valence-corrected chi connectivity index (χ0v) is 14.2. The minimum Gasteiger partial charge on any atom is -0.450 e. The molecular weight excluding hydrogens is 346 g/mol. The molecular formula is C16H17N3O5S. The van der Waals surface area contributed by atoms with Crippen LogP contribution in [0.25, 0.3) is 0 Å². The summed E-state index contributed by atoms with van der Waals surface area (Å²) in [5.41, 5.74) is 0.678.